The summed E-state index contributed by atoms with van der Waals surface area (Å²) in [6.07, 6.45) is 0.647. The van der Waals surface area contributed by atoms with Crippen molar-refractivity contribution in [3.8, 4) is 5.75 Å². The summed E-state index contributed by atoms with van der Waals surface area (Å²) in [5.41, 5.74) is 2.10. The highest BCUT2D eigenvalue weighted by atomic mass is 35.5. The first-order valence-corrected chi connectivity index (χ1v) is 7.16. The number of halogens is 1. The molecule has 1 aromatic heterocycles. The van der Waals surface area contributed by atoms with Crippen LogP contribution < -0.4 is 4.74 Å². The first-order valence-electron chi connectivity index (χ1n) is 6.78. The average molecular weight is 291 g/mol. The van der Waals surface area contributed by atoms with Crippen LogP contribution in [0.3, 0.4) is 0 Å². The van der Waals surface area contributed by atoms with Gasteiger partial charge >= 0.3 is 0 Å². The minimum atomic E-state index is 0.441. The van der Waals surface area contributed by atoms with Gasteiger partial charge in [0.15, 0.2) is 0 Å². The van der Waals surface area contributed by atoms with E-state index in [1.54, 1.807) is 6.07 Å². The molecular formula is C16H19ClN2O. The number of rotatable bonds is 5. The van der Waals surface area contributed by atoms with Crippen LogP contribution in [0.4, 0.5) is 0 Å². The Hall–Kier alpha value is -1.61. The maximum absolute atomic E-state index is 5.92. The topological polar surface area (TPSA) is 35.0 Å². The Bertz CT molecular complexity index is 564. The number of benzene rings is 1. The summed E-state index contributed by atoms with van der Waals surface area (Å²) in [5, 5.41) is 0.482. The Morgan fingerprint density at radius 3 is 2.65 bits per heavy atom. The van der Waals surface area contributed by atoms with Crippen molar-refractivity contribution >= 4 is 11.6 Å². The van der Waals surface area contributed by atoms with E-state index in [0.29, 0.717) is 24.1 Å². The van der Waals surface area contributed by atoms with Crippen LogP contribution in [0.2, 0.25) is 5.15 Å². The molecule has 0 saturated heterocycles. The van der Waals surface area contributed by atoms with Crippen LogP contribution in [0, 0.1) is 6.92 Å². The van der Waals surface area contributed by atoms with Gasteiger partial charge in [-0.15, -0.1) is 0 Å². The molecule has 0 fully saturated rings. The fraction of sp³-hybridized carbons (Fsp3) is 0.375. The van der Waals surface area contributed by atoms with E-state index in [0.717, 1.165) is 17.3 Å². The first-order chi connectivity index (χ1) is 9.56. The van der Waals surface area contributed by atoms with E-state index in [2.05, 4.69) is 29.9 Å². The largest absolute Gasteiger partial charge is 0.493 e. The van der Waals surface area contributed by atoms with Crippen LogP contribution in [0.25, 0.3) is 0 Å². The molecule has 0 saturated carbocycles. The number of nitrogens with zero attached hydrogens (tertiary/aromatic N) is 2. The van der Waals surface area contributed by atoms with Crippen LogP contribution >= 0.6 is 11.6 Å². The Balaban J connectivity index is 1.99. The van der Waals surface area contributed by atoms with Gasteiger partial charge in [0.1, 0.15) is 16.7 Å². The zero-order valence-electron chi connectivity index (χ0n) is 12.1. The van der Waals surface area contributed by atoms with Gasteiger partial charge in [-0.2, -0.15) is 0 Å². The van der Waals surface area contributed by atoms with Gasteiger partial charge in [-0.3, -0.25) is 0 Å². The van der Waals surface area contributed by atoms with E-state index in [1.165, 1.54) is 5.56 Å². The first kappa shape index (κ1) is 14.8. The van der Waals surface area contributed by atoms with Crippen LogP contribution in [0.15, 0.2) is 30.3 Å². The van der Waals surface area contributed by atoms with Crippen molar-refractivity contribution in [2.75, 3.05) is 6.61 Å². The van der Waals surface area contributed by atoms with Crippen molar-refractivity contribution < 1.29 is 4.74 Å². The lowest BCUT2D eigenvalue weighted by atomic mass is 10.0. The zero-order valence-corrected chi connectivity index (χ0v) is 12.8. The molecule has 0 aliphatic carbocycles. The minimum Gasteiger partial charge on any atom is -0.493 e. The summed E-state index contributed by atoms with van der Waals surface area (Å²) in [6.45, 7) is 6.77. The molecule has 0 spiro atoms. The predicted octanol–water partition coefficient (Wildman–Crippen LogP) is 4.18. The molecule has 106 valence electrons. The number of aryl methyl sites for hydroxylation is 1. The van der Waals surface area contributed by atoms with Gasteiger partial charge in [-0.05, 0) is 30.5 Å². The smallest absolute Gasteiger partial charge is 0.133 e. The highest BCUT2D eigenvalue weighted by Crippen LogP contribution is 2.25. The van der Waals surface area contributed by atoms with Gasteiger partial charge in [0.25, 0.3) is 0 Å². The third-order valence-electron chi connectivity index (χ3n) is 2.99. The van der Waals surface area contributed by atoms with E-state index in [4.69, 9.17) is 16.3 Å². The number of para-hydroxylation sites is 1. The fourth-order valence-electron chi connectivity index (χ4n) is 2.04. The van der Waals surface area contributed by atoms with Gasteiger partial charge in [-0.25, -0.2) is 9.97 Å². The van der Waals surface area contributed by atoms with E-state index in [9.17, 15) is 0 Å². The molecule has 0 atom stereocenters. The lowest BCUT2D eigenvalue weighted by Gasteiger charge is -2.13. The maximum Gasteiger partial charge on any atom is 0.133 e. The van der Waals surface area contributed by atoms with Crippen LogP contribution in [-0.2, 0) is 6.42 Å². The molecule has 0 unspecified atom stereocenters. The van der Waals surface area contributed by atoms with E-state index >= 15 is 0 Å². The summed E-state index contributed by atoms with van der Waals surface area (Å²) >= 11 is 5.92. The molecule has 2 aromatic rings. The summed E-state index contributed by atoms with van der Waals surface area (Å²) < 4.78 is 5.86. The Kier molecular flexibility index (Phi) is 4.96. The SMILES string of the molecule is Cc1cc(Cl)nc(CCOc2ccccc2C(C)C)n1. The maximum atomic E-state index is 5.92. The molecule has 1 aromatic carbocycles. The van der Waals surface area contributed by atoms with Gasteiger partial charge in [0.2, 0.25) is 0 Å². The second-order valence-corrected chi connectivity index (χ2v) is 5.43. The second kappa shape index (κ2) is 6.71. The molecule has 4 heteroatoms. The Morgan fingerprint density at radius 1 is 1.20 bits per heavy atom. The van der Waals surface area contributed by atoms with Crippen molar-refractivity contribution in [3.05, 3.63) is 52.6 Å². The van der Waals surface area contributed by atoms with Crippen molar-refractivity contribution in [1.29, 1.82) is 0 Å². The molecule has 0 amide bonds. The van der Waals surface area contributed by atoms with Crippen LogP contribution in [0.1, 0.15) is 36.8 Å². The number of hydrogen-bond donors (Lipinski definition) is 0. The van der Waals surface area contributed by atoms with Crippen molar-refractivity contribution in [2.24, 2.45) is 0 Å². The number of hydrogen-bond acceptors (Lipinski definition) is 3. The summed E-state index contributed by atoms with van der Waals surface area (Å²) in [5.74, 6) is 2.09. The molecule has 20 heavy (non-hydrogen) atoms. The van der Waals surface area contributed by atoms with E-state index < -0.39 is 0 Å². The van der Waals surface area contributed by atoms with Crippen LogP contribution in [-0.4, -0.2) is 16.6 Å². The molecule has 3 nitrogen and oxygen atoms in total. The van der Waals surface area contributed by atoms with Gasteiger partial charge in [-0.1, -0.05) is 43.6 Å². The van der Waals surface area contributed by atoms with Gasteiger partial charge in [0, 0.05) is 12.1 Å². The summed E-state index contributed by atoms with van der Waals surface area (Å²) in [6, 6.07) is 9.87. The summed E-state index contributed by atoms with van der Waals surface area (Å²) in [7, 11) is 0. The normalized spacial score (nSPS) is 10.8. The quantitative estimate of drug-likeness (QED) is 0.775. The molecule has 0 aliphatic heterocycles. The van der Waals surface area contributed by atoms with Crippen molar-refractivity contribution in [2.45, 2.75) is 33.1 Å². The van der Waals surface area contributed by atoms with Crippen molar-refractivity contribution in [1.82, 2.24) is 9.97 Å². The predicted molar refractivity (Wildman–Crippen MR) is 81.5 cm³/mol. The molecule has 0 N–H and O–H groups in total. The van der Waals surface area contributed by atoms with Crippen molar-refractivity contribution in [3.63, 3.8) is 0 Å². The van der Waals surface area contributed by atoms with E-state index in [-0.39, 0.29) is 0 Å². The van der Waals surface area contributed by atoms with Gasteiger partial charge in [0.05, 0.1) is 6.61 Å². The van der Waals surface area contributed by atoms with E-state index in [1.807, 2.05) is 25.1 Å². The monoisotopic (exact) mass is 290 g/mol. The average Bonchev–Trinajstić information content (AvgIpc) is 2.38. The standard InChI is InChI=1S/C16H19ClN2O/c1-11(2)13-6-4-5-7-14(13)20-9-8-16-18-12(3)10-15(17)19-16/h4-7,10-11H,8-9H2,1-3H3. The number of ether oxygens (including phenoxy) is 1. The minimum absolute atomic E-state index is 0.441. The third-order valence-corrected chi connectivity index (χ3v) is 3.19. The molecule has 2 rings (SSSR count). The Morgan fingerprint density at radius 2 is 1.95 bits per heavy atom. The lowest BCUT2D eigenvalue weighted by molar-refractivity contribution is 0.314. The second-order valence-electron chi connectivity index (χ2n) is 5.04. The van der Waals surface area contributed by atoms with Gasteiger partial charge < -0.3 is 4.74 Å². The Labute approximate surface area is 125 Å². The molecular weight excluding hydrogens is 272 g/mol. The lowest BCUT2D eigenvalue weighted by Crippen LogP contribution is -2.07. The highest BCUT2D eigenvalue weighted by Gasteiger charge is 2.07. The molecule has 0 aliphatic rings. The molecule has 0 bridgehead atoms. The zero-order chi connectivity index (χ0) is 14.5. The fourth-order valence-corrected chi connectivity index (χ4v) is 2.30. The summed E-state index contributed by atoms with van der Waals surface area (Å²) in [4.78, 5) is 8.54. The third kappa shape index (κ3) is 3.94. The van der Waals surface area contributed by atoms with Crippen LogP contribution in [0.5, 0.6) is 5.75 Å². The highest BCUT2D eigenvalue weighted by molar-refractivity contribution is 6.29. The molecule has 1 heterocycles. The number of aromatic nitrogens is 2. The molecule has 0 radical (unpaired) electrons.